The van der Waals surface area contributed by atoms with Gasteiger partial charge < -0.3 is 20.1 Å². The number of hydrogen-bond donors (Lipinski definition) is 2. The Labute approximate surface area is 159 Å². The number of carboxylic acid groups (broad SMARTS) is 1. The number of nitrogens with zero attached hydrogens (tertiary/aromatic N) is 2. The number of rotatable bonds is 4. The van der Waals surface area contributed by atoms with E-state index in [0.717, 1.165) is 13.1 Å². The zero-order chi connectivity index (χ0) is 19.8. The number of piperazine rings is 1. The average molecular weight is 389 g/mol. The van der Waals surface area contributed by atoms with Gasteiger partial charge in [0.1, 0.15) is 5.75 Å². The lowest BCUT2D eigenvalue weighted by Gasteiger charge is -2.28. The summed E-state index contributed by atoms with van der Waals surface area (Å²) in [4.78, 5) is 26.9. The molecule has 0 saturated carbocycles. The van der Waals surface area contributed by atoms with Crippen molar-refractivity contribution in [2.45, 2.75) is 6.04 Å². The predicted molar refractivity (Wildman–Crippen MR) is 95.9 cm³/mol. The molecular weight excluding hydrogens is 372 g/mol. The van der Waals surface area contributed by atoms with Crippen LogP contribution in [0.5, 0.6) is 11.5 Å². The van der Waals surface area contributed by atoms with Crippen LogP contribution in [0.3, 0.4) is 0 Å². The van der Waals surface area contributed by atoms with Crippen LogP contribution in [0.15, 0.2) is 36.4 Å². The van der Waals surface area contributed by atoms with Crippen molar-refractivity contribution in [3.8, 4) is 11.5 Å². The quantitative estimate of drug-likeness (QED) is 0.840. The molecule has 2 saturated heterocycles. The van der Waals surface area contributed by atoms with E-state index in [1.807, 2.05) is 4.90 Å². The van der Waals surface area contributed by atoms with Gasteiger partial charge in [-0.1, -0.05) is 0 Å². The summed E-state index contributed by atoms with van der Waals surface area (Å²) in [5, 5.41) is 12.1. The first-order valence-electron chi connectivity index (χ1n) is 8.73. The first-order chi connectivity index (χ1) is 13.4. The molecule has 0 spiro atoms. The Balaban J connectivity index is 1.52. The number of aromatic carboxylic acids is 1. The SMILES string of the molecule is O=C(O)c1cc(F)c(Oc2ccc(N3C[C@@H]4CNCCN4C3=O)cc2)c(F)c1. The van der Waals surface area contributed by atoms with E-state index in [1.54, 1.807) is 17.0 Å². The molecule has 2 fully saturated rings. The van der Waals surface area contributed by atoms with Crippen LogP contribution in [0.1, 0.15) is 10.4 Å². The molecule has 1 atom stereocenters. The third-order valence-electron chi connectivity index (χ3n) is 4.83. The highest BCUT2D eigenvalue weighted by molar-refractivity contribution is 5.94. The van der Waals surface area contributed by atoms with Gasteiger partial charge in [0.25, 0.3) is 0 Å². The van der Waals surface area contributed by atoms with Gasteiger partial charge in [0, 0.05) is 31.9 Å². The maximum Gasteiger partial charge on any atom is 0.335 e. The van der Waals surface area contributed by atoms with Crippen LogP contribution in [0.4, 0.5) is 19.3 Å². The Morgan fingerprint density at radius 2 is 1.86 bits per heavy atom. The van der Waals surface area contributed by atoms with E-state index in [1.165, 1.54) is 12.1 Å². The van der Waals surface area contributed by atoms with Crippen molar-refractivity contribution < 1.29 is 28.2 Å². The first-order valence-corrected chi connectivity index (χ1v) is 8.73. The zero-order valence-electron chi connectivity index (χ0n) is 14.7. The second-order valence-corrected chi connectivity index (χ2v) is 6.61. The van der Waals surface area contributed by atoms with E-state index in [-0.39, 0.29) is 17.8 Å². The van der Waals surface area contributed by atoms with E-state index in [4.69, 9.17) is 9.84 Å². The van der Waals surface area contributed by atoms with Crippen LogP contribution in [0.2, 0.25) is 0 Å². The number of benzene rings is 2. The van der Waals surface area contributed by atoms with Gasteiger partial charge in [0.05, 0.1) is 11.6 Å². The number of carbonyl (C=O) groups is 2. The van der Waals surface area contributed by atoms with Gasteiger partial charge >= 0.3 is 12.0 Å². The van der Waals surface area contributed by atoms with Gasteiger partial charge in [-0.05, 0) is 36.4 Å². The second kappa shape index (κ2) is 7.08. The maximum absolute atomic E-state index is 14.0. The molecule has 2 aromatic carbocycles. The normalized spacial score (nSPS) is 18.9. The minimum Gasteiger partial charge on any atom is -0.478 e. The van der Waals surface area contributed by atoms with Crippen LogP contribution in [-0.4, -0.2) is 54.2 Å². The third kappa shape index (κ3) is 3.24. The van der Waals surface area contributed by atoms with Gasteiger partial charge in [-0.15, -0.1) is 0 Å². The minimum absolute atomic E-state index is 0.0680. The van der Waals surface area contributed by atoms with Crippen LogP contribution in [0.25, 0.3) is 0 Å². The summed E-state index contributed by atoms with van der Waals surface area (Å²) in [5.41, 5.74) is 0.158. The topological polar surface area (TPSA) is 82.1 Å². The van der Waals surface area contributed by atoms with E-state index in [9.17, 15) is 18.4 Å². The van der Waals surface area contributed by atoms with Gasteiger partial charge in [0.2, 0.25) is 0 Å². The first kappa shape index (κ1) is 18.2. The number of halogens is 2. The summed E-state index contributed by atoms with van der Waals surface area (Å²) in [6.45, 7) is 2.73. The van der Waals surface area contributed by atoms with E-state index >= 15 is 0 Å². The molecule has 2 aromatic rings. The number of fused-ring (bicyclic) bond motifs is 1. The second-order valence-electron chi connectivity index (χ2n) is 6.61. The van der Waals surface area contributed by atoms with Crippen LogP contribution < -0.4 is 15.0 Å². The van der Waals surface area contributed by atoms with Crippen LogP contribution in [0, 0.1) is 11.6 Å². The summed E-state index contributed by atoms with van der Waals surface area (Å²) < 4.78 is 33.3. The number of urea groups is 1. The van der Waals surface area contributed by atoms with Gasteiger partial charge in [-0.3, -0.25) is 4.90 Å². The van der Waals surface area contributed by atoms with Crippen LogP contribution in [-0.2, 0) is 0 Å². The Hall–Kier alpha value is -3.20. The van der Waals surface area contributed by atoms with Gasteiger partial charge in [0.15, 0.2) is 17.4 Å². The molecule has 146 valence electrons. The summed E-state index contributed by atoms with van der Waals surface area (Å²) >= 11 is 0. The van der Waals surface area contributed by atoms with Crippen molar-refractivity contribution >= 4 is 17.7 Å². The molecule has 2 heterocycles. The number of ether oxygens (including phenoxy) is 1. The van der Waals surface area contributed by atoms with Gasteiger partial charge in [-0.2, -0.15) is 0 Å². The fourth-order valence-corrected chi connectivity index (χ4v) is 3.43. The molecule has 9 heteroatoms. The summed E-state index contributed by atoms with van der Waals surface area (Å²) in [7, 11) is 0. The molecule has 4 rings (SSSR count). The number of hydrogen-bond acceptors (Lipinski definition) is 4. The molecule has 7 nitrogen and oxygen atoms in total. The summed E-state index contributed by atoms with van der Waals surface area (Å²) in [5.74, 6) is -4.18. The molecule has 2 N–H and O–H groups in total. The van der Waals surface area contributed by atoms with Crippen molar-refractivity contribution in [2.24, 2.45) is 0 Å². The van der Waals surface area contributed by atoms with Gasteiger partial charge in [-0.25, -0.2) is 18.4 Å². The number of anilines is 1. The smallest absolute Gasteiger partial charge is 0.335 e. The Bertz CT molecular complexity index is 912. The monoisotopic (exact) mass is 389 g/mol. The highest BCUT2D eigenvalue weighted by Crippen LogP contribution is 2.31. The molecule has 2 aliphatic rings. The Kier molecular flexibility index (Phi) is 4.60. The van der Waals surface area contributed by atoms with Crippen LogP contribution >= 0.6 is 0 Å². The summed E-state index contributed by atoms with van der Waals surface area (Å²) in [6, 6.07) is 7.73. The molecule has 0 radical (unpaired) electrons. The Morgan fingerprint density at radius 1 is 1.18 bits per heavy atom. The summed E-state index contributed by atoms with van der Waals surface area (Å²) in [6.07, 6.45) is 0. The maximum atomic E-state index is 14.0. The molecule has 0 aliphatic carbocycles. The highest BCUT2D eigenvalue weighted by Gasteiger charge is 2.39. The molecular formula is C19H17F2N3O4. The molecule has 0 aromatic heterocycles. The molecule has 2 amide bonds. The minimum atomic E-state index is -1.43. The fraction of sp³-hybridized carbons (Fsp3) is 0.263. The number of nitrogens with one attached hydrogen (secondary N) is 1. The molecule has 0 unspecified atom stereocenters. The highest BCUT2D eigenvalue weighted by atomic mass is 19.1. The average Bonchev–Trinajstić information content (AvgIpc) is 3.02. The van der Waals surface area contributed by atoms with E-state index < -0.39 is 28.9 Å². The predicted octanol–water partition coefficient (Wildman–Crippen LogP) is 2.67. The Morgan fingerprint density at radius 3 is 2.46 bits per heavy atom. The van der Waals surface area contributed by atoms with Crippen molar-refractivity contribution in [3.05, 3.63) is 53.6 Å². The molecule has 0 bridgehead atoms. The number of carboxylic acids is 1. The standard InChI is InChI=1S/C19H17F2N3O4/c20-15-7-11(18(25)26)8-16(21)17(15)28-14-3-1-12(2-4-14)24-10-13-9-22-5-6-23(13)19(24)27/h1-4,7-8,13,22H,5-6,9-10H2,(H,25,26)/t13-/m0/s1. The lowest BCUT2D eigenvalue weighted by molar-refractivity contribution is 0.0695. The molecule has 28 heavy (non-hydrogen) atoms. The zero-order valence-corrected chi connectivity index (χ0v) is 14.7. The van der Waals surface area contributed by atoms with Crippen molar-refractivity contribution in [2.75, 3.05) is 31.1 Å². The number of amides is 2. The lowest BCUT2D eigenvalue weighted by Crippen LogP contribution is -2.49. The van der Waals surface area contributed by atoms with Crippen molar-refractivity contribution in [3.63, 3.8) is 0 Å². The van der Waals surface area contributed by atoms with E-state index in [2.05, 4.69) is 5.32 Å². The number of carbonyl (C=O) groups excluding carboxylic acids is 1. The van der Waals surface area contributed by atoms with E-state index in [0.29, 0.717) is 30.9 Å². The van der Waals surface area contributed by atoms with Crippen molar-refractivity contribution in [1.29, 1.82) is 0 Å². The third-order valence-corrected chi connectivity index (χ3v) is 4.83. The lowest BCUT2D eigenvalue weighted by atomic mass is 10.2. The largest absolute Gasteiger partial charge is 0.478 e. The fourth-order valence-electron chi connectivity index (χ4n) is 3.43. The molecule has 2 aliphatic heterocycles. The van der Waals surface area contributed by atoms with Crippen molar-refractivity contribution in [1.82, 2.24) is 10.2 Å².